The third kappa shape index (κ3) is 3.90. The largest absolute Gasteiger partial charge is 0.490 e. The maximum Gasteiger partial charge on any atom is 0.150 e. The van der Waals surface area contributed by atoms with E-state index in [2.05, 4.69) is 31.2 Å². The molecule has 144 valence electrons. The zero-order valence-electron chi connectivity index (χ0n) is 15.7. The molecule has 4 rings (SSSR count). The van der Waals surface area contributed by atoms with Gasteiger partial charge in [0.25, 0.3) is 0 Å². The normalized spacial score (nSPS) is 19.0. The van der Waals surface area contributed by atoms with Crippen LogP contribution in [0, 0.1) is 6.92 Å². The van der Waals surface area contributed by atoms with Gasteiger partial charge in [-0.15, -0.1) is 0 Å². The molecule has 0 bridgehead atoms. The third-order valence-corrected chi connectivity index (χ3v) is 7.43. The lowest BCUT2D eigenvalue weighted by molar-refractivity contribution is 0.189. The molecule has 1 aliphatic heterocycles. The van der Waals surface area contributed by atoms with Crippen LogP contribution in [-0.4, -0.2) is 31.1 Å². The van der Waals surface area contributed by atoms with Crippen LogP contribution in [0.4, 0.5) is 0 Å². The summed E-state index contributed by atoms with van der Waals surface area (Å²) >= 11 is 0. The molecule has 1 N–H and O–H groups in total. The summed E-state index contributed by atoms with van der Waals surface area (Å²) in [5, 5.41) is 9.53. The topological polar surface area (TPSA) is 63.6 Å². The van der Waals surface area contributed by atoms with E-state index in [9.17, 15) is 13.5 Å². The van der Waals surface area contributed by atoms with Crippen LogP contribution in [0.3, 0.4) is 0 Å². The average molecular weight is 387 g/mol. The predicted molar refractivity (Wildman–Crippen MR) is 107 cm³/mol. The van der Waals surface area contributed by atoms with Gasteiger partial charge in [-0.05, 0) is 90.6 Å². The molecule has 0 saturated carbocycles. The molecule has 2 aromatic carbocycles. The second kappa shape index (κ2) is 7.28. The third-order valence-electron chi connectivity index (χ3n) is 5.71. The lowest BCUT2D eigenvalue weighted by Gasteiger charge is -2.24. The second-order valence-electron chi connectivity index (χ2n) is 7.75. The van der Waals surface area contributed by atoms with Gasteiger partial charge in [-0.1, -0.05) is 12.1 Å². The molecule has 0 unspecified atom stereocenters. The minimum atomic E-state index is -2.88. The number of sulfone groups is 1. The first kappa shape index (κ1) is 18.5. The first-order valence-electron chi connectivity index (χ1n) is 9.69. The molecule has 0 radical (unpaired) electrons. The Morgan fingerprint density at radius 3 is 2.56 bits per heavy atom. The van der Waals surface area contributed by atoms with E-state index in [-0.39, 0.29) is 24.2 Å². The molecular weight excluding hydrogens is 360 g/mol. The maximum atomic E-state index is 11.6. The Labute approximate surface area is 161 Å². The number of aryl methyl sites for hydroxylation is 3. The summed E-state index contributed by atoms with van der Waals surface area (Å²) in [6, 6.07) is 10.5. The van der Waals surface area contributed by atoms with Crippen LogP contribution in [0.15, 0.2) is 30.3 Å². The van der Waals surface area contributed by atoms with Crippen molar-refractivity contribution in [3.8, 4) is 16.9 Å². The van der Waals surface area contributed by atoms with Gasteiger partial charge in [0, 0.05) is 0 Å². The van der Waals surface area contributed by atoms with Gasteiger partial charge in [0.2, 0.25) is 0 Å². The van der Waals surface area contributed by atoms with Gasteiger partial charge in [-0.3, -0.25) is 0 Å². The number of rotatable bonds is 3. The number of aliphatic hydroxyl groups is 1. The summed E-state index contributed by atoms with van der Waals surface area (Å²) in [7, 11) is -2.88. The van der Waals surface area contributed by atoms with E-state index in [0.29, 0.717) is 12.8 Å². The van der Waals surface area contributed by atoms with E-state index in [1.807, 2.05) is 6.07 Å². The maximum absolute atomic E-state index is 11.6. The molecule has 1 saturated heterocycles. The molecule has 1 aliphatic carbocycles. The van der Waals surface area contributed by atoms with E-state index < -0.39 is 9.84 Å². The number of benzene rings is 2. The minimum Gasteiger partial charge on any atom is -0.490 e. The first-order chi connectivity index (χ1) is 12.9. The van der Waals surface area contributed by atoms with Crippen LogP contribution in [0.5, 0.6) is 5.75 Å². The van der Waals surface area contributed by atoms with Crippen LogP contribution >= 0.6 is 0 Å². The van der Waals surface area contributed by atoms with Gasteiger partial charge in [-0.2, -0.15) is 0 Å². The number of aliphatic hydroxyl groups excluding tert-OH is 1. The molecule has 5 heteroatoms. The molecule has 2 aliphatic rings. The van der Waals surface area contributed by atoms with Crippen molar-refractivity contribution < 1.29 is 18.3 Å². The average Bonchev–Trinajstić information content (AvgIpc) is 2.82. The zero-order chi connectivity index (χ0) is 19.0. The molecule has 0 atom stereocenters. The Kier molecular flexibility index (Phi) is 4.99. The van der Waals surface area contributed by atoms with Crippen LogP contribution in [0.25, 0.3) is 11.1 Å². The van der Waals surface area contributed by atoms with E-state index in [1.165, 1.54) is 27.8 Å². The summed E-state index contributed by atoms with van der Waals surface area (Å²) in [6.45, 7) is 2.16. The molecule has 0 spiro atoms. The molecule has 27 heavy (non-hydrogen) atoms. The van der Waals surface area contributed by atoms with Crippen LogP contribution in [0.1, 0.15) is 41.5 Å². The van der Waals surface area contributed by atoms with Gasteiger partial charge < -0.3 is 9.84 Å². The fourth-order valence-electron chi connectivity index (χ4n) is 4.30. The lowest BCUT2D eigenvalue weighted by atomic mass is 9.91. The fourth-order valence-corrected chi connectivity index (χ4v) is 5.74. The monoisotopic (exact) mass is 386 g/mol. The summed E-state index contributed by atoms with van der Waals surface area (Å²) in [4.78, 5) is 0. The molecule has 0 amide bonds. The summed E-state index contributed by atoms with van der Waals surface area (Å²) < 4.78 is 29.4. The van der Waals surface area contributed by atoms with Gasteiger partial charge in [-0.25, -0.2) is 8.42 Å². The van der Waals surface area contributed by atoms with Gasteiger partial charge in [0.15, 0.2) is 9.84 Å². The molecule has 1 fully saturated rings. The van der Waals surface area contributed by atoms with Crippen molar-refractivity contribution in [2.75, 3.05) is 11.5 Å². The minimum absolute atomic E-state index is 0.0231. The number of fused-ring (bicyclic) bond motifs is 3. The van der Waals surface area contributed by atoms with Gasteiger partial charge >= 0.3 is 0 Å². The second-order valence-corrected chi connectivity index (χ2v) is 10.1. The Bertz CT molecular complexity index is 949. The van der Waals surface area contributed by atoms with E-state index >= 15 is 0 Å². The molecule has 0 aromatic heterocycles. The van der Waals surface area contributed by atoms with Crippen LogP contribution < -0.4 is 4.74 Å². The predicted octanol–water partition coefficient (Wildman–Crippen LogP) is 3.60. The smallest absolute Gasteiger partial charge is 0.150 e. The quantitative estimate of drug-likeness (QED) is 0.875. The van der Waals surface area contributed by atoms with Crippen LogP contribution in [-0.2, 0) is 29.3 Å². The molecule has 2 aromatic rings. The molecule has 4 nitrogen and oxygen atoms in total. The van der Waals surface area contributed by atoms with Gasteiger partial charge in [0.1, 0.15) is 11.9 Å². The van der Waals surface area contributed by atoms with E-state index in [0.717, 1.165) is 30.6 Å². The van der Waals surface area contributed by atoms with Crippen molar-refractivity contribution in [2.24, 2.45) is 0 Å². The SMILES string of the molecule is Cc1cc(OC2CCS(=O)(=O)CC2)cc2c1-c1cc(CO)ccc1CCC2. The van der Waals surface area contributed by atoms with Crippen molar-refractivity contribution >= 4 is 9.84 Å². The van der Waals surface area contributed by atoms with Crippen molar-refractivity contribution in [1.82, 2.24) is 0 Å². The van der Waals surface area contributed by atoms with Gasteiger partial charge in [0.05, 0.1) is 18.1 Å². The number of hydrogen-bond acceptors (Lipinski definition) is 4. The highest BCUT2D eigenvalue weighted by Crippen LogP contribution is 2.38. The Hall–Kier alpha value is -1.85. The Morgan fingerprint density at radius 1 is 1.07 bits per heavy atom. The first-order valence-corrected chi connectivity index (χ1v) is 11.5. The van der Waals surface area contributed by atoms with Crippen LogP contribution in [0.2, 0.25) is 0 Å². The Morgan fingerprint density at radius 2 is 1.81 bits per heavy atom. The summed E-state index contributed by atoms with van der Waals surface area (Å²) in [5.74, 6) is 1.29. The fraction of sp³-hybridized carbons (Fsp3) is 0.455. The highest BCUT2D eigenvalue weighted by Gasteiger charge is 2.25. The number of ether oxygens (including phenoxy) is 1. The molecule has 1 heterocycles. The number of hydrogen-bond donors (Lipinski definition) is 1. The van der Waals surface area contributed by atoms with E-state index in [1.54, 1.807) is 0 Å². The van der Waals surface area contributed by atoms with Crippen molar-refractivity contribution in [2.45, 2.75) is 51.7 Å². The summed E-state index contributed by atoms with van der Waals surface area (Å²) in [6.07, 6.45) is 4.23. The Balaban J connectivity index is 1.66. The van der Waals surface area contributed by atoms with E-state index in [4.69, 9.17) is 4.74 Å². The van der Waals surface area contributed by atoms with Crippen molar-refractivity contribution in [1.29, 1.82) is 0 Å². The standard InChI is InChI=1S/C22H26O4S/c1-15-11-20(26-19-7-9-27(24,25)10-8-19)13-18-4-2-3-17-6-5-16(14-23)12-21(17)22(15)18/h5-6,11-13,19,23H,2-4,7-10,14H2,1H3. The lowest BCUT2D eigenvalue weighted by Crippen LogP contribution is -2.30. The highest BCUT2D eigenvalue weighted by atomic mass is 32.2. The zero-order valence-corrected chi connectivity index (χ0v) is 16.5. The summed E-state index contributed by atoms with van der Waals surface area (Å²) in [5.41, 5.74) is 7.20. The van der Waals surface area contributed by atoms with Crippen molar-refractivity contribution in [3.63, 3.8) is 0 Å². The molecular formula is C22H26O4S. The van der Waals surface area contributed by atoms with Crippen molar-refractivity contribution in [3.05, 3.63) is 52.6 Å². The highest BCUT2D eigenvalue weighted by molar-refractivity contribution is 7.91.